The third-order valence-corrected chi connectivity index (χ3v) is 11.6. The fourth-order valence-corrected chi connectivity index (χ4v) is 8.19. The minimum absolute atomic E-state index is 0.00318. The summed E-state index contributed by atoms with van der Waals surface area (Å²) in [5.41, 5.74) is 15.5. The van der Waals surface area contributed by atoms with E-state index in [4.69, 9.17) is 42.6 Å². The summed E-state index contributed by atoms with van der Waals surface area (Å²) < 4.78 is 59.9. The van der Waals surface area contributed by atoms with Gasteiger partial charge in [0.05, 0.1) is 52.9 Å². The van der Waals surface area contributed by atoms with Crippen molar-refractivity contribution in [1.29, 1.82) is 0 Å². The summed E-state index contributed by atoms with van der Waals surface area (Å²) in [7, 11) is 0. The highest BCUT2D eigenvalue weighted by molar-refractivity contribution is 5.18. The van der Waals surface area contributed by atoms with Crippen LogP contribution in [0.15, 0.2) is 187 Å². The van der Waals surface area contributed by atoms with Gasteiger partial charge in [-0.15, -0.1) is 0 Å². The molecule has 13 nitrogen and oxygen atoms in total. The Morgan fingerprint density at radius 2 is 0.761 bits per heavy atom. The van der Waals surface area contributed by atoms with Gasteiger partial charge in [-0.2, -0.15) is 0 Å². The molecule has 67 heavy (non-hydrogen) atoms. The predicted molar refractivity (Wildman–Crippen MR) is 250 cm³/mol. The van der Waals surface area contributed by atoms with Crippen LogP contribution in [0.5, 0.6) is 0 Å². The summed E-state index contributed by atoms with van der Waals surface area (Å²) in [6, 6.07) is 58.5. The average Bonchev–Trinajstić information content (AvgIpc) is 3.38. The quantitative estimate of drug-likeness (QED) is 0.0374. The Bertz CT molecular complexity index is 2350. The van der Waals surface area contributed by atoms with E-state index in [0.29, 0.717) is 6.61 Å². The molecule has 0 aromatic heterocycles. The Kier molecular flexibility index (Phi) is 18.1. The monoisotopic (exact) mass is 907 g/mol. The molecule has 348 valence electrons. The molecule has 0 aliphatic carbocycles. The third-order valence-electron chi connectivity index (χ3n) is 11.6. The molecule has 0 radical (unpaired) electrons. The maximum atomic E-state index is 12.6. The van der Waals surface area contributed by atoms with E-state index in [1.165, 1.54) is 0 Å². The summed E-state index contributed by atoms with van der Waals surface area (Å²) in [5.74, 6) is 0. The Labute approximate surface area is 391 Å². The van der Waals surface area contributed by atoms with Gasteiger partial charge in [0.1, 0.15) is 48.8 Å². The predicted octanol–water partition coefficient (Wildman–Crippen LogP) is 9.27. The highest BCUT2D eigenvalue weighted by atomic mass is 16.7. The van der Waals surface area contributed by atoms with Crippen LogP contribution in [0.4, 0.5) is 0 Å². The van der Waals surface area contributed by atoms with Gasteiger partial charge in [0.25, 0.3) is 0 Å². The Morgan fingerprint density at radius 3 is 1.16 bits per heavy atom. The highest BCUT2D eigenvalue weighted by Gasteiger charge is 2.53. The topological polar surface area (TPSA) is 152 Å². The van der Waals surface area contributed by atoms with Gasteiger partial charge in [-0.05, 0) is 38.9 Å². The number of benzene rings is 6. The van der Waals surface area contributed by atoms with Gasteiger partial charge < -0.3 is 47.7 Å². The zero-order valence-electron chi connectivity index (χ0n) is 37.2. The lowest BCUT2D eigenvalue weighted by atomic mass is 9.95. The van der Waals surface area contributed by atoms with Crippen molar-refractivity contribution in [2.45, 2.75) is 101 Å². The normalized spacial score (nSPS) is 25.0. The third kappa shape index (κ3) is 13.9. The van der Waals surface area contributed by atoms with Gasteiger partial charge in [0.15, 0.2) is 12.5 Å². The fraction of sp³-hybridized carbons (Fsp3) is 0.333. The van der Waals surface area contributed by atoms with E-state index in [9.17, 15) is 10.6 Å². The van der Waals surface area contributed by atoms with Crippen LogP contribution >= 0.6 is 0 Å². The van der Waals surface area contributed by atoms with Crippen molar-refractivity contribution in [2.24, 2.45) is 5.11 Å². The van der Waals surface area contributed by atoms with Gasteiger partial charge >= 0.3 is 0 Å². The first-order valence-corrected chi connectivity index (χ1v) is 22.7. The number of hydrogen-bond acceptors (Lipinski definition) is 11. The second-order valence-electron chi connectivity index (χ2n) is 16.5. The molecule has 6 aromatic carbocycles. The molecule has 2 fully saturated rings. The molecule has 0 saturated carbocycles. The standard InChI is InChI=1S/C54H57N3O10/c55-57-56-53-52(64-36-44-29-17-6-18-30-44)51(63-35-43-27-15-5-16-28-43)49(46(65-53)38-60-32-40-21-9-2-10-22-40)67-54-47(58)50(62-34-42-25-13-4-14-26-42)48(61-33-41-23-11-3-12-24-41)45(66-54)37-59-31-39-19-7-1-8-20-39/h1-30,45-54,58H,31-38H2/t45-,46-,47-,48+,49+,50-,51+,52-,53-,54-/m1/s1. The summed E-state index contributed by atoms with van der Waals surface area (Å²) in [6.45, 7) is 1.35. The molecule has 2 aliphatic heterocycles. The Hall–Kier alpha value is -5.77. The molecule has 13 heteroatoms. The SMILES string of the molecule is [N-]=[N+]=N[C@@H]1O[C@H](COCc2ccccc2)[C@H](O[C@H]2O[C@H](COCc3ccccc3)[C@H](OCc3ccccc3)[C@H](OCc3ccccc3)[C@H]2O)[C@H](OCc2ccccc2)[C@H]1OCc1ccccc1. The van der Waals surface area contributed by atoms with E-state index >= 15 is 0 Å². The zero-order chi connectivity index (χ0) is 45.9. The van der Waals surface area contributed by atoms with Crippen LogP contribution in [0.2, 0.25) is 0 Å². The zero-order valence-corrected chi connectivity index (χ0v) is 37.2. The van der Waals surface area contributed by atoms with E-state index in [0.717, 1.165) is 33.4 Å². The fourth-order valence-electron chi connectivity index (χ4n) is 8.19. The summed E-state index contributed by atoms with van der Waals surface area (Å²) in [6.07, 6.45) is -10.3. The smallest absolute Gasteiger partial charge is 0.187 e. The number of aliphatic hydroxyl groups is 1. The number of aliphatic hydroxyl groups excluding tert-OH is 1. The molecule has 10 atom stereocenters. The molecular weight excluding hydrogens is 851 g/mol. The van der Waals surface area contributed by atoms with Crippen molar-refractivity contribution in [3.05, 3.63) is 226 Å². The summed E-state index contributed by atoms with van der Waals surface area (Å²) in [4.78, 5) is 3.17. The largest absolute Gasteiger partial charge is 0.385 e. The van der Waals surface area contributed by atoms with Crippen molar-refractivity contribution in [1.82, 2.24) is 0 Å². The van der Waals surface area contributed by atoms with Crippen molar-refractivity contribution < 1.29 is 47.7 Å². The molecule has 6 aromatic rings. The van der Waals surface area contributed by atoms with Crippen LogP contribution in [-0.2, 0) is 82.3 Å². The van der Waals surface area contributed by atoms with Gasteiger partial charge in [0.2, 0.25) is 0 Å². The molecule has 2 heterocycles. The van der Waals surface area contributed by atoms with Crippen molar-refractivity contribution >= 4 is 0 Å². The number of hydrogen-bond donors (Lipinski definition) is 1. The van der Waals surface area contributed by atoms with Crippen LogP contribution in [-0.4, -0.2) is 79.7 Å². The lowest BCUT2D eigenvalue weighted by Crippen LogP contribution is -2.65. The Morgan fingerprint density at radius 1 is 0.418 bits per heavy atom. The molecule has 2 aliphatic rings. The molecule has 8 rings (SSSR count). The maximum absolute atomic E-state index is 12.6. The number of azide groups is 1. The van der Waals surface area contributed by atoms with Gasteiger partial charge in [-0.3, -0.25) is 0 Å². The molecule has 0 unspecified atom stereocenters. The van der Waals surface area contributed by atoms with Crippen LogP contribution in [0, 0.1) is 0 Å². The van der Waals surface area contributed by atoms with E-state index in [1.54, 1.807) is 0 Å². The highest BCUT2D eigenvalue weighted by Crippen LogP contribution is 2.36. The molecular formula is C54H57N3O10. The lowest BCUT2D eigenvalue weighted by Gasteiger charge is -2.49. The van der Waals surface area contributed by atoms with Crippen molar-refractivity contribution in [2.75, 3.05) is 13.2 Å². The van der Waals surface area contributed by atoms with Crippen molar-refractivity contribution in [3.63, 3.8) is 0 Å². The maximum Gasteiger partial charge on any atom is 0.187 e. The second kappa shape index (κ2) is 25.4. The van der Waals surface area contributed by atoms with Crippen LogP contribution < -0.4 is 0 Å². The van der Waals surface area contributed by atoms with Crippen LogP contribution in [0.3, 0.4) is 0 Å². The van der Waals surface area contributed by atoms with E-state index in [-0.39, 0.29) is 46.2 Å². The first-order valence-electron chi connectivity index (χ1n) is 22.7. The second-order valence-corrected chi connectivity index (χ2v) is 16.5. The molecule has 0 amide bonds. The van der Waals surface area contributed by atoms with E-state index in [1.807, 2.05) is 182 Å². The van der Waals surface area contributed by atoms with Crippen LogP contribution in [0.1, 0.15) is 33.4 Å². The lowest BCUT2D eigenvalue weighted by molar-refractivity contribution is -0.357. The molecule has 1 N–H and O–H groups in total. The minimum atomic E-state index is -1.39. The van der Waals surface area contributed by atoms with Crippen molar-refractivity contribution in [3.8, 4) is 0 Å². The summed E-state index contributed by atoms with van der Waals surface area (Å²) >= 11 is 0. The molecule has 2 saturated heterocycles. The number of rotatable bonds is 23. The van der Waals surface area contributed by atoms with E-state index in [2.05, 4.69) is 10.0 Å². The van der Waals surface area contributed by atoms with Gasteiger partial charge in [0, 0.05) is 4.91 Å². The summed E-state index contributed by atoms with van der Waals surface area (Å²) in [5, 5.41) is 16.7. The first kappa shape index (κ1) is 47.7. The van der Waals surface area contributed by atoms with Gasteiger partial charge in [-0.1, -0.05) is 187 Å². The molecule has 0 spiro atoms. The number of ether oxygens (including phenoxy) is 9. The van der Waals surface area contributed by atoms with E-state index < -0.39 is 61.3 Å². The number of nitrogens with zero attached hydrogens (tertiary/aromatic N) is 3. The Balaban J connectivity index is 1.14. The minimum Gasteiger partial charge on any atom is -0.385 e. The first-order chi connectivity index (χ1) is 33.1. The molecule has 0 bridgehead atoms. The van der Waals surface area contributed by atoms with Crippen LogP contribution in [0.25, 0.3) is 10.4 Å². The van der Waals surface area contributed by atoms with Gasteiger partial charge in [-0.25, -0.2) is 0 Å². The average molecular weight is 908 g/mol.